The number of sulfonamides is 1. The van der Waals surface area contributed by atoms with Crippen LogP contribution in [-0.2, 0) is 14.8 Å². The van der Waals surface area contributed by atoms with Gasteiger partial charge >= 0.3 is 0 Å². The predicted molar refractivity (Wildman–Crippen MR) is 103 cm³/mol. The maximum atomic E-state index is 12.8. The molecule has 142 valence electrons. The average molecular weight is 397 g/mol. The van der Waals surface area contributed by atoms with Gasteiger partial charge in [-0.25, -0.2) is 8.42 Å². The van der Waals surface area contributed by atoms with Crippen molar-refractivity contribution in [1.82, 2.24) is 20.5 Å². The number of nitrogens with one attached hydrogen (secondary N) is 3. The van der Waals surface area contributed by atoms with Gasteiger partial charge in [0.2, 0.25) is 15.9 Å². The zero-order chi connectivity index (χ0) is 18.7. The third kappa shape index (κ3) is 4.72. The van der Waals surface area contributed by atoms with Gasteiger partial charge in [-0.3, -0.25) is 15.6 Å². The molecule has 0 unspecified atom stereocenters. The van der Waals surface area contributed by atoms with E-state index < -0.39 is 15.9 Å². The Bertz CT molecular complexity index is 776. The number of aryl methyl sites for hydroxylation is 1. The molecule has 1 aliphatic heterocycles. The van der Waals surface area contributed by atoms with Crippen LogP contribution in [0, 0.1) is 12.8 Å². The number of carbonyl (C=O) groups excluding carboxylic acids is 1. The van der Waals surface area contributed by atoms with Crippen molar-refractivity contribution in [2.45, 2.75) is 43.5 Å². The minimum Gasteiger partial charge on any atom is -0.359 e. The van der Waals surface area contributed by atoms with Crippen molar-refractivity contribution in [2.75, 3.05) is 13.1 Å². The minimum absolute atomic E-state index is 0.173. The monoisotopic (exact) mass is 396 g/mol. The van der Waals surface area contributed by atoms with Crippen molar-refractivity contribution < 1.29 is 13.2 Å². The van der Waals surface area contributed by atoms with E-state index in [1.54, 1.807) is 24.3 Å². The summed E-state index contributed by atoms with van der Waals surface area (Å²) in [5, 5.41) is 3.46. The summed E-state index contributed by atoms with van der Waals surface area (Å²) in [6, 6.07) is 7.17. The molecule has 26 heavy (non-hydrogen) atoms. The second-order valence-corrected chi connectivity index (χ2v) is 9.22. The molecule has 1 saturated heterocycles. The first-order valence-corrected chi connectivity index (χ1v) is 10.6. The summed E-state index contributed by atoms with van der Waals surface area (Å²) >= 11 is 5.10. The molecule has 2 fully saturated rings. The second kappa shape index (κ2) is 7.89. The molecule has 0 radical (unpaired) electrons. The zero-order valence-corrected chi connectivity index (χ0v) is 16.3. The standard InChI is InChI=1S/C17H24N4O3S2/c1-12-4-8-15(9-5-12)26(23,24)21-10-2-3-13(11-21)16(22)19-20-17(25)18-14-6-7-14/h4-5,8-9,13-14H,2-3,6-7,10-11H2,1H3,(H,19,22)(H2,18,20,25)/t13-/m0/s1. The summed E-state index contributed by atoms with van der Waals surface area (Å²) in [5.41, 5.74) is 6.29. The number of hydrazine groups is 1. The zero-order valence-electron chi connectivity index (χ0n) is 14.7. The van der Waals surface area contributed by atoms with Gasteiger partial charge in [-0.15, -0.1) is 0 Å². The van der Waals surface area contributed by atoms with E-state index >= 15 is 0 Å². The van der Waals surface area contributed by atoms with Crippen LogP contribution in [0.2, 0.25) is 0 Å². The molecule has 9 heteroatoms. The topological polar surface area (TPSA) is 90.5 Å². The SMILES string of the molecule is Cc1ccc(S(=O)(=O)N2CCC[C@H](C(=O)NNC(=S)NC3CC3)C2)cc1. The Labute approximate surface area is 159 Å². The fourth-order valence-electron chi connectivity index (χ4n) is 2.90. The van der Waals surface area contributed by atoms with Gasteiger partial charge in [-0.05, 0) is 57.0 Å². The van der Waals surface area contributed by atoms with Crippen LogP contribution >= 0.6 is 12.2 Å². The van der Waals surface area contributed by atoms with E-state index in [2.05, 4.69) is 16.2 Å². The van der Waals surface area contributed by atoms with Gasteiger partial charge in [0.05, 0.1) is 10.8 Å². The van der Waals surface area contributed by atoms with Crippen molar-refractivity contribution in [2.24, 2.45) is 5.92 Å². The lowest BCUT2D eigenvalue weighted by molar-refractivity contribution is -0.126. The van der Waals surface area contributed by atoms with E-state index in [0.29, 0.717) is 30.5 Å². The van der Waals surface area contributed by atoms with E-state index in [9.17, 15) is 13.2 Å². The normalized spacial score (nSPS) is 21.0. The van der Waals surface area contributed by atoms with E-state index in [1.807, 2.05) is 6.92 Å². The number of amides is 1. The van der Waals surface area contributed by atoms with Gasteiger partial charge in [0.1, 0.15) is 0 Å². The highest BCUT2D eigenvalue weighted by molar-refractivity contribution is 7.89. The Balaban J connectivity index is 1.58. The molecule has 1 saturated carbocycles. The molecule has 1 aromatic carbocycles. The molecule has 0 aromatic heterocycles. The average Bonchev–Trinajstić information content (AvgIpc) is 3.44. The Morgan fingerprint density at radius 2 is 1.85 bits per heavy atom. The van der Waals surface area contributed by atoms with Crippen molar-refractivity contribution in [3.05, 3.63) is 29.8 Å². The molecular formula is C17H24N4O3S2. The number of hydrogen-bond donors (Lipinski definition) is 3. The van der Waals surface area contributed by atoms with Gasteiger partial charge in [0, 0.05) is 19.1 Å². The lowest BCUT2D eigenvalue weighted by atomic mass is 9.99. The molecule has 0 spiro atoms. The lowest BCUT2D eigenvalue weighted by Crippen LogP contribution is -2.52. The summed E-state index contributed by atoms with van der Waals surface area (Å²) in [6.45, 7) is 2.51. The number of thiocarbonyl (C=S) groups is 1. The summed E-state index contributed by atoms with van der Waals surface area (Å²) in [7, 11) is -3.59. The van der Waals surface area contributed by atoms with Gasteiger partial charge in [0.25, 0.3) is 0 Å². The number of piperidine rings is 1. The molecule has 1 atom stereocenters. The largest absolute Gasteiger partial charge is 0.359 e. The smallest absolute Gasteiger partial charge is 0.243 e. The molecule has 3 rings (SSSR count). The van der Waals surface area contributed by atoms with Crippen LogP contribution in [0.1, 0.15) is 31.2 Å². The summed E-state index contributed by atoms with van der Waals surface area (Å²) in [6.07, 6.45) is 3.47. The molecular weight excluding hydrogens is 372 g/mol. The molecule has 1 aromatic rings. The molecule has 7 nitrogen and oxygen atoms in total. The van der Waals surface area contributed by atoms with E-state index in [4.69, 9.17) is 12.2 Å². The molecule has 1 aliphatic carbocycles. The fraction of sp³-hybridized carbons (Fsp3) is 0.529. The highest BCUT2D eigenvalue weighted by Crippen LogP contribution is 2.24. The van der Waals surface area contributed by atoms with Crippen LogP contribution in [0.3, 0.4) is 0 Å². The van der Waals surface area contributed by atoms with Crippen molar-refractivity contribution in [3.8, 4) is 0 Å². The van der Waals surface area contributed by atoms with Gasteiger partial charge in [-0.1, -0.05) is 17.7 Å². The van der Waals surface area contributed by atoms with Crippen molar-refractivity contribution in [1.29, 1.82) is 0 Å². The Hall–Kier alpha value is -1.71. The number of hydrogen-bond acceptors (Lipinski definition) is 4. The highest BCUT2D eigenvalue weighted by atomic mass is 32.2. The van der Waals surface area contributed by atoms with Gasteiger partial charge < -0.3 is 5.32 Å². The van der Waals surface area contributed by atoms with Gasteiger partial charge in [-0.2, -0.15) is 4.31 Å². The fourth-order valence-corrected chi connectivity index (χ4v) is 4.65. The van der Waals surface area contributed by atoms with Crippen molar-refractivity contribution >= 4 is 33.3 Å². The van der Waals surface area contributed by atoms with E-state index in [1.165, 1.54) is 4.31 Å². The third-order valence-electron chi connectivity index (χ3n) is 4.63. The van der Waals surface area contributed by atoms with Crippen LogP contribution in [0.15, 0.2) is 29.2 Å². The molecule has 2 aliphatic rings. The number of benzene rings is 1. The molecule has 0 bridgehead atoms. The number of nitrogens with zero attached hydrogens (tertiary/aromatic N) is 1. The molecule has 1 heterocycles. The van der Waals surface area contributed by atoms with Crippen molar-refractivity contribution in [3.63, 3.8) is 0 Å². The first kappa shape index (κ1) is 19.1. The van der Waals surface area contributed by atoms with Crippen LogP contribution in [0.25, 0.3) is 0 Å². The summed E-state index contributed by atoms with van der Waals surface area (Å²) < 4.78 is 27.0. The van der Waals surface area contributed by atoms with Gasteiger partial charge in [0.15, 0.2) is 5.11 Å². The Morgan fingerprint density at radius 1 is 1.15 bits per heavy atom. The molecule has 1 amide bonds. The van der Waals surface area contributed by atoms with Crippen LogP contribution in [0.4, 0.5) is 0 Å². The maximum absolute atomic E-state index is 12.8. The second-order valence-electron chi connectivity index (χ2n) is 6.88. The Morgan fingerprint density at radius 3 is 2.50 bits per heavy atom. The summed E-state index contributed by atoms with van der Waals surface area (Å²) in [5.74, 6) is -0.644. The quantitative estimate of drug-likeness (QED) is 0.521. The number of rotatable bonds is 4. The maximum Gasteiger partial charge on any atom is 0.243 e. The predicted octanol–water partition coefficient (Wildman–Crippen LogP) is 1.05. The summed E-state index contributed by atoms with van der Waals surface area (Å²) in [4.78, 5) is 12.6. The Kier molecular flexibility index (Phi) is 5.79. The number of carbonyl (C=O) groups is 1. The lowest BCUT2D eigenvalue weighted by Gasteiger charge is -2.31. The molecule has 3 N–H and O–H groups in total. The van der Waals surface area contributed by atoms with Crippen LogP contribution in [-0.4, -0.2) is 42.9 Å². The minimum atomic E-state index is -3.59. The highest BCUT2D eigenvalue weighted by Gasteiger charge is 2.33. The first-order valence-electron chi connectivity index (χ1n) is 8.79. The van der Waals surface area contributed by atoms with Crippen LogP contribution < -0.4 is 16.2 Å². The van der Waals surface area contributed by atoms with E-state index in [-0.39, 0.29) is 17.3 Å². The third-order valence-corrected chi connectivity index (χ3v) is 6.72. The first-order chi connectivity index (χ1) is 12.4. The van der Waals surface area contributed by atoms with E-state index in [0.717, 1.165) is 18.4 Å². The van der Waals surface area contributed by atoms with Crippen LogP contribution in [0.5, 0.6) is 0 Å².